The summed E-state index contributed by atoms with van der Waals surface area (Å²) in [4.78, 5) is 12.8. The van der Waals surface area contributed by atoms with Crippen molar-refractivity contribution >= 4 is 17.5 Å². The van der Waals surface area contributed by atoms with Gasteiger partial charge in [0.2, 0.25) is 0 Å². The molecule has 1 aromatic rings. The first kappa shape index (κ1) is 10.7. The molecule has 0 heterocycles. The van der Waals surface area contributed by atoms with Gasteiger partial charge in [0.15, 0.2) is 0 Å². The fraction of sp³-hybridized carbons (Fsp3) is 0.462. The highest BCUT2D eigenvalue weighted by atomic mass is 32.2. The second kappa shape index (κ2) is 4.40. The predicted molar refractivity (Wildman–Crippen MR) is 64.4 cm³/mol. The Morgan fingerprint density at radius 1 is 1.40 bits per heavy atom. The van der Waals surface area contributed by atoms with Crippen LogP contribution in [0.5, 0.6) is 0 Å². The van der Waals surface area contributed by atoms with Crippen LogP contribution < -0.4 is 0 Å². The van der Waals surface area contributed by atoms with Crippen LogP contribution in [0.3, 0.4) is 0 Å². The van der Waals surface area contributed by atoms with Crippen LogP contribution in [0.15, 0.2) is 23.1 Å². The van der Waals surface area contributed by atoms with E-state index in [9.17, 15) is 4.79 Å². The molecule has 0 atom stereocenters. The molecule has 0 N–H and O–H groups in total. The highest BCUT2D eigenvalue weighted by molar-refractivity contribution is 8.00. The van der Waals surface area contributed by atoms with Gasteiger partial charge in [-0.2, -0.15) is 0 Å². The normalized spacial score (nSPS) is 15.3. The molecule has 1 aliphatic carbocycles. The Hall–Kier alpha value is -0.760. The van der Waals surface area contributed by atoms with Gasteiger partial charge in [-0.3, -0.25) is 4.79 Å². The van der Waals surface area contributed by atoms with Crippen molar-refractivity contribution in [2.75, 3.05) is 5.75 Å². The third-order valence-electron chi connectivity index (χ3n) is 2.75. The van der Waals surface area contributed by atoms with Crippen LogP contribution in [0, 0.1) is 19.8 Å². The van der Waals surface area contributed by atoms with Gasteiger partial charge in [-0.15, -0.1) is 11.8 Å². The van der Waals surface area contributed by atoms with Crippen molar-refractivity contribution in [1.82, 2.24) is 0 Å². The quantitative estimate of drug-likeness (QED) is 0.724. The molecule has 1 aliphatic rings. The van der Waals surface area contributed by atoms with E-state index in [2.05, 4.69) is 32.0 Å². The Balaban J connectivity index is 1.97. The van der Waals surface area contributed by atoms with Gasteiger partial charge in [-0.25, -0.2) is 0 Å². The van der Waals surface area contributed by atoms with Gasteiger partial charge >= 0.3 is 0 Å². The standard InChI is InChI=1S/C13H16OS/c1-9-3-4-10(2)13(7-9)15-8-12(14)11-5-6-11/h3-4,7,11H,5-6,8H2,1-2H3. The third-order valence-corrected chi connectivity index (χ3v) is 3.93. The number of carbonyl (C=O) groups excluding carboxylic acids is 1. The molecule has 0 radical (unpaired) electrons. The summed E-state index contributed by atoms with van der Waals surface area (Å²) in [7, 11) is 0. The molecule has 15 heavy (non-hydrogen) atoms. The lowest BCUT2D eigenvalue weighted by atomic mass is 10.2. The number of hydrogen-bond acceptors (Lipinski definition) is 2. The summed E-state index contributed by atoms with van der Waals surface area (Å²) in [5.41, 5.74) is 2.54. The van der Waals surface area contributed by atoms with Gasteiger partial charge in [-0.05, 0) is 38.3 Å². The minimum atomic E-state index is 0.391. The number of rotatable bonds is 4. The fourth-order valence-electron chi connectivity index (χ4n) is 1.53. The predicted octanol–water partition coefficient (Wildman–Crippen LogP) is 3.37. The van der Waals surface area contributed by atoms with Gasteiger partial charge < -0.3 is 0 Å². The number of thioether (sulfide) groups is 1. The monoisotopic (exact) mass is 220 g/mol. The first-order chi connectivity index (χ1) is 7.16. The van der Waals surface area contributed by atoms with Gasteiger partial charge in [0.05, 0.1) is 5.75 Å². The second-order valence-corrected chi connectivity index (χ2v) is 5.32. The Labute approximate surface area is 95.3 Å². The van der Waals surface area contributed by atoms with E-state index in [0.717, 1.165) is 12.8 Å². The maximum Gasteiger partial charge on any atom is 0.146 e. The zero-order valence-electron chi connectivity index (χ0n) is 9.25. The third kappa shape index (κ3) is 2.85. The Morgan fingerprint density at radius 2 is 2.13 bits per heavy atom. The van der Waals surface area contributed by atoms with E-state index in [1.807, 2.05) is 0 Å². The highest BCUT2D eigenvalue weighted by Crippen LogP contribution is 2.32. The molecule has 1 nitrogen and oxygen atoms in total. The molecule has 0 amide bonds. The highest BCUT2D eigenvalue weighted by Gasteiger charge is 2.28. The maximum atomic E-state index is 11.6. The largest absolute Gasteiger partial charge is 0.298 e. The number of aryl methyl sites for hydroxylation is 2. The summed E-state index contributed by atoms with van der Waals surface area (Å²) in [6.07, 6.45) is 2.23. The van der Waals surface area contributed by atoms with E-state index in [4.69, 9.17) is 0 Å². The zero-order chi connectivity index (χ0) is 10.8. The van der Waals surface area contributed by atoms with Gasteiger partial charge in [0.25, 0.3) is 0 Å². The SMILES string of the molecule is Cc1ccc(C)c(SCC(=O)C2CC2)c1. The number of benzene rings is 1. The van der Waals surface area contributed by atoms with Crippen molar-refractivity contribution in [2.24, 2.45) is 5.92 Å². The summed E-state index contributed by atoms with van der Waals surface area (Å²) in [6, 6.07) is 6.40. The van der Waals surface area contributed by atoms with Crippen LogP contribution >= 0.6 is 11.8 Å². The molecule has 2 rings (SSSR count). The van der Waals surface area contributed by atoms with E-state index >= 15 is 0 Å². The summed E-state index contributed by atoms with van der Waals surface area (Å²) in [6.45, 7) is 4.19. The van der Waals surface area contributed by atoms with Gasteiger partial charge in [-0.1, -0.05) is 17.7 Å². The molecule has 2 heteroatoms. The van der Waals surface area contributed by atoms with Gasteiger partial charge in [0.1, 0.15) is 5.78 Å². The van der Waals surface area contributed by atoms with Crippen molar-refractivity contribution in [3.8, 4) is 0 Å². The van der Waals surface area contributed by atoms with Crippen molar-refractivity contribution in [1.29, 1.82) is 0 Å². The molecule has 80 valence electrons. The number of hydrogen-bond donors (Lipinski definition) is 0. The minimum Gasteiger partial charge on any atom is -0.298 e. The summed E-state index contributed by atoms with van der Waals surface area (Å²) in [5.74, 6) is 1.47. The van der Waals surface area contributed by atoms with Crippen molar-refractivity contribution in [2.45, 2.75) is 31.6 Å². The van der Waals surface area contributed by atoms with Gasteiger partial charge in [0, 0.05) is 10.8 Å². The van der Waals surface area contributed by atoms with Crippen LogP contribution in [0.25, 0.3) is 0 Å². The molecule has 1 saturated carbocycles. The molecule has 0 spiro atoms. The van der Waals surface area contributed by atoms with Crippen LogP contribution in [0.1, 0.15) is 24.0 Å². The summed E-state index contributed by atoms with van der Waals surface area (Å²) >= 11 is 1.69. The smallest absolute Gasteiger partial charge is 0.146 e. The molecular formula is C13H16OS. The fourth-order valence-corrected chi connectivity index (χ4v) is 2.63. The van der Waals surface area contributed by atoms with E-state index in [1.54, 1.807) is 11.8 Å². The molecular weight excluding hydrogens is 204 g/mol. The van der Waals surface area contributed by atoms with Crippen LogP contribution in [-0.2, 0) is 4.79 Å². The minimum absolute atomic E-state index is 0.391. The van der Waals surface area contributed by atoms with Crippen LogP contribution in [0.2, 0.25) is 0 Å². The average Bonchev–Trinajstić information content (AvgIpc) is 3.02. The van der Waals surface area contributed by atoms with Crippen molar-refractivity contribution in [3.05, 3.63) is 29.3 Å². The summed E-state index contributed by atoms with van der Waals surface area (Å²) < 4.78 is 0. The second-order valence-electron chi connectivity index (χ2n) is 4.30. The van der Waals surface area contributed by atoms with Crippen molar-refractivity contribution in [3.63, 3.8) is 0 Å². The Morgan fingerprint density at radius 3 is 2.80 bits per heavy atom. The zero-order valence-corrected chi connectivity index (χ0v) is 10.1. The lowest BCUT2D eigenvalue weighted by Gasteiger charge is -2.05. The first-order valence-corrected chi connectivity index (χ1v) is 6.38. The summed E-state index contributed by atoms with van der Waals surface area (Å²) in [5, 5.41) is 0. The molecule has 0 aliphatic heterocycles. The first-order valence-electron chi connectivity index (χ1n) is 5.39. The van der Waals surface area contributed by atoms with Crippen LogP contribution in [-0.4, -0.2) is 11.5 Å². The lowest BCUT2D eigenvalue weighted by Crippen LogP contribution is -2.03. The van der Waals surface area contributed by atoms with Crippen LogP contribution in [0.4, 0.5) is 0 Å². The number of carbonyl (C=O) groups is 1. The number of ketones is 1. The molecule has 0 saturated heterocycles. The topological polar surface area (TPSA) is 17.1 Å². The molecule has 0 unspecified atom stereocenters. The van der Waals surface area contributed by atoms with Crippen molar-refractivity contribution < 1.29 is 4.79 Å². The van der Waals surface area contributed by atoms with E-state index in [-0.39, 0.29) is 0 Å². The molecule has 0 aromatic heterocycles. The Kier molecular flexibility index (Phi) is 3.15. The lowest BCUT2D eigenvalue weighted by molar-refractivity contribution is -0.117. The molecule has 1 fully saturated rings. The Bertz CT molecular complexity index is 380. The van der Waals surface area contributed by atoms with E-state index in [1.165, 1.54) is 16.0 Å². The average molecular weight is 220 g/mol. The molecule has 1 aromatic carbocycles. The number of Topliss-reactive ketones (excluding diaryl/α,β-unsaturated/α-hetero) is 1. The van der Waals surface area contributed by atoms with E-state index < -0.39 is 0 Å². The van der Waals surface area contributed by atoms with E-state index in [0.29, 0.717) is 17.5 Å². The molecule has 0 bridgehead atoms. The maximum absolute atomic E-state index is 11.6.